The zero-order chi connectivity index (χ0) is 16.2. The number of piperazine rings is 1. The van der Waals surface area contributed by atoms with Gasteiger partial charge in [-0.15, -0.1) is 12.4 Å². The second-order valence-electron chi connectivity index (χ2n) is 5.14. The van der Waals surface area contributed by atoms with Crippen molar-refractivity contribution in [3.05, 3.63) is 35.4 Å². The van der Waals surface area contributed by atoms with E-state index in [9.17, 15) is 18.0 Å². The number of nitrogens with zero attached hydrogens (tertiary/aromatic N) is 1. The van der Waals surface area contributed by atoms with E-state index >= 15 is 0 Å². The van der Waals surface area contributed by atoms with Crippen molar-refractivity contribution >= 4 is 30.1 Å². The molecule has 0 aliphatic carbocycles. The molecule has 0 aromatic heterocycles. The molecule has 0 spiro atoms. The molecule has 1 aromatic carbocycles. The topological polar surface area (TPSA) is 32.3 Å². The van der Waals surface area contributed by atoms with Crippen molar-refractivity contribution in [1.29, 1.82) is 0 Å². The highest BCUT2D eigenvalue weighted by molar-refractivity contribution is 8.00. The fourth-order valence-electron chi connectivity index (χ4n) is 2.50. The Morgan fingerprint density at radius 1 is 1.35 bits per heavy atom. The summed E-state index contributed by atoms with van der Waals surface area (Å²) in [5.74, 6) is -1.03. The number of hydrogen-bond donors (Lipinski definition) is 1. The van der Waals surface area contributed by atoms with Crippen LogP contribution in [0.15, 0.2) is 24.3 Å². The lowest BCUT2D eigenvalue weighted by molar-refractivity contribution is -0.131. The number of rotatable bonds is 4. The van der Waals surface area contributed by atoms with E-state index in [1.54, 1.807) is 4.90 Å². The van der Waals surface area contributed by atoms with Gasteiger partial charge in [0.2, 0.25) is 5.91 Å². The third-order valence-electron chi connectivity index (χ3n) is 3.70. The summed E-state index contributed by atoms with van der Waals surface area (Å²) in [6.45, 7) is 3.65. The molecule has 0 radical (unpaired) electrons. The summed E-state index contributed by atoms with van der Waals surface area (Å²) in [5, 5.41) is 3.20. The van der Waals surface area contributed by atoms with Gasteiger partial charge in [0.05, 0.1) is 11.8 Å². The van der Waals surface area contributed by atoms with Gasteiger partial charge in [-0.25, -0.2) is 0 Å². The molecule has 1 aliphatic rings. The molecular formula is C15H20ClF3N2OS. The van der Waals surface area contributed by atoms with E-state index in [4.69, 9.17) is 0 Å². The third kappa shape index (κ3) is 5.90. The van der Waals surface area contributed by atoms with Crippen LogP contribution >= 0.6 is 24.2 Å². The molecule has 2 rings (SSSR count). The highest BCUT2D eigenvalue weighted by atomic mass is 35.5. The Kier molecular flexibility index (Phi) is 7.70. The van der Waals surface area contributed by atoms with E-state index in [0.717, 1.165) is 12.0 Å². The molecule has 1 aromatic rings. The van der Waals surface area contributed by atoms with Crippen LogP contribution in [0.5, 0.6) is 0 Å². The summed E-state index contributed by atoms with van der Waals surface area (Å²) in [6.07, 6.45) is 0.925. The lowest BCUT2D eigenvalue weighted by Gasteiger charge is -2.36. The molecule has 0 bridgehead atoms. The lowest BCUT2D eigenvalue weighted by Crippen LogP contribution is -2.49. The Balaban J connectivity index is 0.00000264. The zero-order valence-corrected chi connectivity index (χ0v) is 14.4. The van der Waals surface area contributed by atoms with Crippen molar-refractivity contribution < 1.29 is 18.0 Å². The number of carbonyl (C=O) groups excluding carboxylic acids is 1. The molecule has 1 fully saturated rings. The van der Waals surface area contributed by atoms with Crippen molar-refractivity contribution in [1.82, 2.24) is 10.2 Å². The second-order valence-corrected chi connectivity index (χ2v) is 6.18. The van der Waals surface area contributed by atoms with E-state index < -0.39 is 17.2 Å². The van der Waals surface area contributed by atoms with Crippen molar-refractivity contribution in [2.24, 2.45) is 0 Å². The van der Waals surface area contributed by atoms with Crippen LogP contribution < -0.4 is 5.32 Å². The van der Waals surface area contributed by atoms with Gasteiger partial charge in [0.1, 0.15) is 0 Å². The highest BCUT2D eigenvalue weighted by Gasteiger charge is 2.33. The van der Waals surface area contributed by atoms with Gasteiger partial charge in [-0.05, 0) is 29.3 Å². The second kappa shape index (κ2) is 8.80. The van der Waals surface area contributed by atoms with E-state index in [0.29, 0.717) is 19.6 Å². The molecule has 23 heavy (non-hydrogen) atoms. The molecule has 1 unspecified atom stereocenters. The maximum Gasteiger partial charge on any atom is 0.442 e. The van der Waals surface area contributed by atoms with Crippen LogP contribution in [0.4, 0.5) is 13.2 Å². The molecular weight excluding hydrogens is 349 g/mol. The summed E-state index contributed by atoms with van der Waals surface area (Å²) >= 11 is -0.273. The van der Waals surface area contributed by atoms with Crippen LogP contribution in [0.3, 0.4) is 0 Å². The quantitative estimate of drug-likeness (QED) is 0.884. The Hall–Kier alpha value is -0.920. The summed E-state index contributed by atoms with van der Waals surface area (Å²) < 4.78 is 36.8. The summed E-state index contributed by atoms with van der Waals surface area (Å²) in [7, 11) is 0. The van der Waals surface area contributed by atoms with Crippen LogP contribution in [-0.4, -0.2) is 41.7 Å². The molecule has 3 nitrogen and oxygen atoms in total. The number of carbonyl (C=O) groups is 1. The number of benzene rings is 1. The molecule has 1 saturated heterocycles. The van der Waals surface area contributed by atoms with Crippen molar-refractivity contribution in [2.75, 3.05) is 25.4 Å². The number of hydrogen-bond acceptors (Lipinski definition) is 3. The van der Waals surface area contributed by atoms with Gasteiger partial charge in [-0.3, -0.25) is 4.79 Å². The maximum absolute atomic E-state index is 12.3. The molecule has 8 heteroatoms. The van der Waals surface area contributed by atoms with Crippen LogP contribution in [0.1, 0.15) is 24.1 Å². The monoisotopic (exact) mass is 368 g/mol. The van der Waals surface area contributed by atoms with Gasteiger partial charge in [0.15, 0.2) is 0 Å². The first-order chi connectivity index (χ1) is 10.4. The molecule has 1 N–H and O–H groups in total. The Morgan fingerprint density at radius 3 is 2.57 bits per heavy atom. The lowest BCUT2D eigenvalue weighted by atomic mass is 10.0. The number of aryl methyl sites for hydroxylation is 1. The van der Waals surface area contributed by atoms with Crippen LogP contribution in [0, 0.1) is 0 Å². The third-order valence-corrected chi connectivity index (χ3v) is 4.41. The minimum Gasteiger partial charge on any atom is -0.332 e. The van der Waals surface area contributed by atoms with Crippen molar-refractivity contribution in [3.63, 3.8) is 0 Å². The van der Waals surface area contributed by atoms with Gasteiger partial charge in [0.25, 0.3) is 0 Å². The van der Waals surface area contributed by atoms with Crippen molar-refractivity contribution in [2.45, 2.75) is 24.9 Å². The molecule has 1 heterocycles. The molecule has 0 saturated carbocycles. The van der Waals surface area contributed by atoms with Crippen LogP contribution in [0.2, 0.25) is 0 Å². The SMILES string of the molecule is CCc1ccc(C2CNCCN2C(=O)CSC(F)(F)F)cc1.Cl. The summed E-state index contributed by atoms with van der Waals surface area (Å²) in [4.78, 5) is 13.7. The highest BCUT2D eigenvalue weighted by Crippen LogP contribution is 2.31. The van der Waals surface area contributed by atoms with Crippen molar-refractivity contribution in [3.8, 4) is 0 Å². The normalized spacial score (nSPS) is 18.4. The van der Waals surface area contributed by atoms with Gasteiger partial charge in [-0.2, -0.15) is 13.2 Å². The first kappa shape index (κ1) is 20.1. The summed E-state index contributed by atoms with van der Waals surface area (Å²) in [5.41, 5.74) is -2.23. The van der Waals surface area contributed by atoms with E-state index in [2.05, 4.69) is 12.2 Å². The number of halogens is 4. The largest absolute Gasteiger partial charge is 0.442 e. The predicted molar refractivity (Wildman–Crippen MR) is 88.9 cm³/mol. The fourth-order valence-corrected chi connectivity index (χ4v) is 2.96. The molecule has 1 aliphatic heterocycles. The maximum atomic E-state index is 12.3. The van der Waals surface area contributed by atoms with Crippen LogP contribution in [-0.2, 0) is 11.2 Å². The first-order valence-electron chi connectivity index (χ1n) is 7.20. The first-order valence-corrected chi connectivity index (χ1v) is 8.19. The average Bonchev–Trinajstić information content (AvgIpc) is 2.52. The summed E-state index contributed by atoms with van der Waals surface area (Å²) in [6, 6.07) is 7.69. The fraction of sp³-hybridized carbons (Fsp3) is 0.533. The standard InChI is InChI=1S/C15H19F3N2OS.ClH/c1-2-11-3-5-12(6-4-11)13-9-19-7-8-20(13)14(21)10-22-15(16,17)18;/h3-6,13,19H,2,7-10H2,1H3;1H. The van der Waals surface area contributed by atoms with E-state index in [1.165, 1.54) is 5.56 Å². The number of thioether (sulfide) groups is 1. The molecule has 1 atom stereocenters. The van der Waals surface area contributed by atoms with Gasteiger partial charge >= 0.3 is 5.51 Å². The van der Waals surface area contributed by atoms with Gasteiger partial charge in [0, 0.05) is 19.6 Å². The van der Waals surface area contributed by atoms with Gasteiger partial charge < -0.3 is 10.2 Å². The average molecular weight is 369 g/mol. The minimum atomic E-state index is -4.37. The Labute approximate surface area is 144 Å². The minimum absolute atomic E-state index is 0. The number of nitrogens with one attached hydrogen (secondary N) is 1. The van der Waals surface area contributed by atoms with Gasteiger partial charge in [-0.1, -0.05) is 31.2 Å². The zero-order valence-electron chi connectivity index (χ0n) is 12.7. The van der Waals surface area contributed by atoms with E-state index in [1.807, 2.05) is 24.3 Å². The molecule has 1 amide bonds. The predicted octanol–water partition coefficient (Wildman–Crippen LogP) is 3.40. The number of amides is 1. The van der Waals surface area contributed by atoms with Crippen LogP contribution in [0.25, 0.3) is 0 Å². The Morgan fingerprint density at radius 2 is 2.00 bits per heavy atom. The number of alkyl halides is 3. The Bertz CT molecular complexity index is 510. The molecule has 130 valence electrons. The smallest absolute Gasteiger partial charge is 0.332 e. The van der Waals surface area contributed by atoms with E-state index in [-0.39, 0.29) is 30.2 Å².